The standard InChI is InChI=1S/C19H19F2N3O3S/c1-24-17(13-5-7-14(25-2)8-6-13)22-23-19(24)28-11-12-4-9-15(27-18(20)21)16(10-12)26-3/h4-10,18H,11H2,1-3H3. The smallest absolute Gasteiger partial charge is 0.387 e. The van der Waals surface area contributed by atoms with Gasteiger partial charge in [0.15, 0.2) is 22.5 Å². The molecule has 0 N–H and O–H groups in total. The predicted molar refractivity (Wildman–Crippen MR) is 102 cm³/mol. The van der Waals surface area contributed by atoms with Gasteiger partial charge in [-0.05, 0) is 42.0 Å². The number of rotatable bonds is 8. The number of benzene rings is 2. The lowest BCUT2D eigenvalue weighted by molar-refractivity contribution is -0.0512. The van der Waals surface area contributed by atoms with E-state index >= 15 is 0 Å². The molecule has 3 rings (SSSR count). The fraction of sp³-hybridized carbons (Fsp3) is 0.263. The van der Waals surface area contributed by atoms with Crippen molar-refractivity contribution in [2.24, 2.45) is 7.05 Å². The summed E-state index contributed by atoms with van der Waals surface area (Å²) in [6, 6.07) is 12.4. The maximum atomic E-state index is 12.4. The molecule has 1 aromatic heterocycles. The summed E-state index contributed by atoms with van der Waals surface area (Å²) in [7, 11) is 4.92. The van der Waals surface area contributed by atoms with Crippen LogP contribution in [0.3, 0.4) is 0 Å². The number of hydrogen-bond acceptors (Lipinski definition) is 6. The highest BCUT2D eigenvalue weighted by molar-refractivity contribution is 7.98. The fourth-order valence-corrected chi connectivity index (χ4v) is 3.43. The van der Waals surface area contributed by atoms with Crippen LogP contribution in [0, 0.1) is 0 Å². The maximum Gasteiger partial charge on any atom is 0.387 e. The molecule has 0 radical (unpaired) electrons. The molecule has 0 saturated carbocycles. The maximum absolute atomic E-state index is 12.4. The Labute approximate surface area is 165 Å². The first kappa shape index (κ1) is 19.9. The van der Waals surface area contributed by atoms with Gasteiger partial charge in [0.05, 0.1) is 14.2 Å². The number of ether oxygens (including phenoxy) is 3. The van der Waals surface area contributed by atoms with E-state index in [1.165, 1.54) is 24.9 Å². The van der Waals surface area contributed by atoms with Crippen molar-refractivity contribution in [2.75, 3.05) is 14.2 Å². The Morgan fingerprint density at radius 2 is 1.75 bits per heavy atom. The number of halogens is 2. The summed E-state index contributed by atoms with van der Waals surface area (Å²) >= 11 is 1.48. The van der Waals surface area contributed by atoms with Crippen molar-refractivity contribution in [3.8, 4) is 28.6 Å². The third-order valence-corrected chi connectivity index (χ3v) is 5.09. The molecule has 0 spiro atoms. The first-order chi connectivity index (χ1) is 13.5. The molecule has 28 heavy (non-hydrogen) atoms. The minimum atomic E-state index is -2.90. The fourth-order valence-electron chi connectivity index (χ4n) is 2.58. The number of methoxy groups -OCH3 is 2. The highest BCUT2D eigenvalue weighted by atomic mass is 32.2. The van der Waals surface area contributed by atoms with Crippen molar-refractivity contribution in [3.05, 3.63) is 48.0 Å². The van der Waals surface area contributed by atoms with Crippen LogP contribution in [-0.4, -0.2) is 35.6 Å². The van der Waals surface area contributed by atoms with Crippen molar-refractivity contribution in [1.29, 1.82) is 0 Å². The van der Waals surface area contributed by atoms with E-state index in [0.29, 0.717) is 5.75 Å². The van der Waals surface area contributed by atoms with Gasteiger partial charge in [-0.15, -0.1) is 10.2 Å². The van der Waals surface area contributed by atoms with Crippen LogP contribution in [-0.2, 0) is 12.8 Å². The SMILES string of the molecule is COc1ccc(-c2nnc(SCc3ccc(OC(F)F)c(OC)c3)n2C)cc1. The van der Waals surface area contributed by atoms with Crippen molar-refractivity contribution in [1.82, 2.24) is 14.8 Å². The van der Waals surface area contributed by atoms with Crippen molar-refractivity contribution in [2.45, 2.75) is 17.5 Å². The van der Waals surface area contributed by atoms with E-state index in [2.05, 4.69) is 14.9 Å². The van der Waals surface area contributed by atoms with E-state index < -0.39 is 6.61 Å². The molecule has 3 aromatic rings. The lowest BCUT2D eigenvalue weighted by Crippen LogP contribution is -2.03. The molecule has 0 bridgehead atoms. The topological polar surface area (TPSA) is 58.4 Å². The molecule has 6 nitrogen and oxygen atoms in total. The molecule has 0 aliphatic rings. The zero-order valence-electron chi connectivity index (χ0n) is 15.6. The van der Waals surface area contributed by atoms with Crippen molar-refractivity contribution >= 4 is 11.8 Å². The summed E-state index contributed by atoms with van der Waals surface area (Å²) in [4.78, 5) is 0. The molecule has 0 amide bonds. The summed E-state index contributed by atoms with van der Waals surface area (Å²) in [6.07, 6.45) is 0. The second-order valence-corrected chi connectivity index (χ2v) is 6.69. The lowest BCUT2D eigenvalue weighted by atomic mass is 10.2. The molecule has 148 valence electrons. The van der Waals surface area contributed by atoms with E-state index in [1.54, 1.807) is 19.2 Å². The first-order valence-corrected chi connectivity index (χ1v) is 9.28. The Morgan fingerprint density at radius 3 is 2.39 bits per heavy atom. The van der Waals surface area contributed by atoms with Crippen LogP contribution in [0.15, 0.2) is 47.6 Å². The number of alkyl halides is 2. The Hall–Kier alpha value is -2.81. The quantitative estimate of drug-likeness (QED) is 0.516. The van der Waals surface area contributed by atoms with E-state index in [1.807, 2.05) is 35.9 Å². The van der Waals surface area contributed by atoms with Gasteiger partial charge in [0, 0.05) is 18.4 Å². The molecule has 0 saturated heterocycles. The Balaban J connectivity index is 1.72. The van der Waals surface area contributed by atoms with E-state index in [0.717, 1.165) is 27.9 Å². The average Bonchev–Trinajstić information content (AvgIpc) is 3.07. The first-order valence-electron chi connectivity index (χ1n) is 8.30. The van der Waals surface area contributed by atoms with Gasteiger partial charge in [-0.3, -0.25) is 0 Å². The van der Waals surface area contributed by atoms with Gasteiger partial charge in [-0.2, -0.15) is 8.78 Å². The van der Waals surface area contributed by atoms with Crippen LogP contribution in [0.2, 0.25) is 0 Å². The zero-order chi connectivity index (χ0) is 20.1. The van der Waals surface area contributed by atoms with Gasteiger partial charge in [0.1, 0.15) is 5.75 Å². The summed E-state index contributed by atoms with van der Waals surface area (Å²) in [6.45, 7) is -2.90. The third-order valence-electron chi connectivity index (χ3n) is 4.00. The lowest BCUT2D eigenvalue weighted by Gasteiger charge is -2.11. The molecule has 9 heteroatoms. The summed E-state index contributed by atoms with van der Waals surface area (Å²) < 4.78 is 41.5. The monoisotopic (exact) mass is 407 g/mol. The number of nitrogens with zero attached hydrogens (tertiary/aromatic N) is 3. The second kappa shape index (κ2) is 8.92. The minimum Gasteiger partial charge on any atom is -0.497 e. The van der Waals surface area contributed by atoms with Crippen LogP contribution in [0.4, 0.5) is 8.78 Å². The van der Waals surface area contributed by atoms with E-state index in [9.17, 15) is 8.78 Å². The van der Waals surface area contributed by atoms with E-state index in [-0.39, 0.29) is 11.5 Å². The molecule has 1 heterocycles. The van der Waals surface area contributed by atoms with Crippen molar-refractivity contribution in [3.63, 3.8) is 0 Å². The minimum absolute atomic E-state index is 0.00620. The van der Waals surface area contributed by atoms with Gasteiger partial charge in [-0.1, -0.05) is 17.8 Å². The molecular weight excluding hydrogens is 388 g/mol. The second-order valence-electron chi connectivity index (χ2n) is 5.75. The van der Waals surface area contributed by atoms with Crippen LogP contribution in [0.5, 0.6) is 17.2 Å². The number of thioether (sulfide) groups is 1. The van der Waals surface area contributed by atoms with Gasteiger partial charge in [-0.25, -0.2) is 0 Å². The van der Waals surface area contributed by atoms with Crippen LogP contribution in [0.1, 0.15) is 5.56 Å². The molecule has 2 aromatic carbocycles. The average molecular weight is 407 g/mol. The molecule has 0 aliphatic carbocycles. The highest BCUT2D eigenvalue weighted by Crippen LogP contribution is 2.32. The van der Waals surface area contributed by atoms with Crippen LogP contribution < -0.4 is 14.2 Å². The number of hydrogen-bond donors (Lipinski definition) is 0. The Bertz CT molecular complexity index is 933. The van der Waals surface area contributed by atoms with Gasteiger partial charge in [0.25, 0.3) is 0 Å². The molecule has 0 fully saturated rings. The van der Waals surface area contributed by atoms with Crippen LogP contribution in [0.25, 0.3) is 11.4 Å². The molecule has 0 atom stereocenters. The molecule has 0 aliphatic heterocycles. The Morgan fingerprint density at radius 1 is 1.00 bits per heavy atom. The molecule has 0 unspecified atom stereocenters. The van der Waals surface area contributed by atoms with Gasteiger partial charge in [0.2, 0.25) is 0 Å². The normalized spacial score (nSPS) is 10.9. The number of aromatic nitrogens is 3. The zero-order valence-corrected chi connectivity index (χ0v) is 16.4. The summed E-state index contributed by atoms with van der Waals surface area (Å²) in [5.41, 5.74) is 1.82. The van der Waals surface area contributed by atoms with E-state index in [4.69, 9.17) is 9.47 Å². The largest absolute Gasteiger partial charge is 0.497 e. The van der Waals surface area contributed by atoms with Gasteiger partial charge >= 0.3 is 6.61 Å². The summed E-state index contributed by atoms with van der Waals surface area (Å²) in [5.74, 6) is 2.35. The Kier molecular flexibility index (Phi) is 6.35. The predicted octanol–water partition coefficient (Wildman–Crippen LogP) is 4.39. The van der Waals surface area contributed by atoms with Gasteiger partial charge < -0.3 is 18.8 Å². The van der Waals surface area contributed by atoms with Crippen molar-refractivity contribution < 1.29 is 23.0 Å². The third kappa shape index (κ3) is 4.53. The molecular formula is C19H19F2N3O3S. The summed E-state index contributed by atoms with van der Waals surface area (Å²) in [5, 5.41) is 9.23. The van der Waals surface area contributed by atoms with Crippen LogP contribution >= 0.6 is 11.8 Å². The highest BCUT2D eigenvalue weighted by Gasteiger charge is 2.14.